The lowest BCUT2D eigenvalue weighted by atomic mass is 10.0. The Labute approximate surface area is 231 Å². The van der Waals surface area contributed by atoms with E-state index in [0.29, 0.717) is 19.4 Å². The summed E-state index contributed by atoms with van der Waals surface area (Å²) < 4.78 is 0. The molecule has 0 radical (unpaired) electrons. The summed E-state index contributed by atoms with van der Waals surface area (Å²) in [5.41, 5.74) is 12.3. The van der Waals surface area contributed by atoms with E-state index in [1.54, 1.807) is 6.20 Å². The molecule has 1 fully saturated rings. The number of thiol groups is 1. The number of carbonyl (C=O) groups is 4. The van der Waals surface area contributed by atoms with Gasteiger partial charge in [-0.3, -0.25) is 19.4 Å². The van der Waals surface area contributed by atoms with Gasteiger partial charge in [0.1, 0.15) is 18.1 Å². The van der Waals surface area contributed by atoms with Crippen LogP contribution in [0.2, 0.25) is 0 Å². The molecule has 39 heavy (non-hydrogen) atoms. The van der Waals surface area contributed by atoms with Crippen molar-refractivity contribution < 1.29 is 24.3 Å². The number of H-pyrrole nitrogens is 1. The monoisotopic (exact) mass is 560 g/mol. The van der Waals surface area contributed by atoms with Crippen molar-refractivity contribution in [3.05, 3.63) is 36.0 Å². The van der Waals surface area contributed by atoms with Gasteiger partial charge in [0.25, 0.3) is 0 Å². The average molecular weight is 561 g/mol. The number of amides is 3. The second kappa shape index (κ2) is 14.4. The molecule has 0 saturated carbocycles. The summed E-state index contributed by atoms with van der Waals surface area (Å²) in [5, 5.41) is 21.5. The number of carboxylic acid groups (broad SMARTS) is 1. The number of fused-ring (bicyclic) bond motifs is 1. The molecule has 0 bridgehead atoms. The van der Waals surface area contributed by atoms with Crippen LogP contribution in [0.5, 0.6) is 0 Å². The minimum atomic E-state index is -1.24. The van der Waals surface area contributed by atoms with Gasteiger partial charge in [-0.25, -0.2) is 4.79 Å². The number of carboxylic acids is 1. The number of rotatable bonds is 14. The molecule has 0 aliphatic carbocycles. The molecule has 10 N–H and O–H groups in total. The Hall–Kier alpha value is -3.78. The molecule has 4 unspecified atom stereocenters. The zero-order valence-electron chi connectivity index (χ0n) is 21.5. The van der Waals surface area contributed by atoms with Crippen LogP contribution >= 0.6 is 12.6 Å². The number of carbonyl (C=O) groups excluding carboxylic acids is 3. The van der Waals surface area contributed by atoms with Gasteiger partial charge in [0.2, 0.25) is 17.7 Å². The lowest BCUT2D eigenvalue weighted by molar-refractivity contribution is -0.142. The first-order valence-electron chi connectivity index (χ1n) is 12.8. The second-order valence-electron chi connectivity index (χ2n) is 9.37. The number of guanidine groups is 1. The Morgan fingerprint density at radius 3 is 2.46 bits per heavy atom. The highest BCUT2D eigenvalue weighted by atomic mass is 32.1. The summed E-state index contributed by atoms with van der Waals surface area (Å²) in [7, 11) is 0. The van der Waals surface area contributed by atoms with E-state index < -0.39 is 42.0 Å². The Morgan fingerprint density at radius 1 is 1.08 bits per heavy atom. The third-order valence-electron chi connectivity index (χ3n) is 6.48. The largest absolute Gasteiger partial charge is 0.480 e. The van der Waals surface area contributed by atoms with E-state index in [-0.39, 0.29) is 37.0 Å². The fourth-order valence-electron chi connectivity index (χ4n) is 4.41. The van der Waals surface area contributed by atoms with Crippen molar-refractivity contribution in [2.24, 2.45) is 16.5 Å². The number of para-hydroxylation sites is 1. The molecule has 1 aromatic carbocycles. The second-order valence-corrected chi connectivity index (χ2v) is 9.73. The minimum Gasteiger partial charge on any atom is -0.480 e. The van der Waals surface area contributed by atoms with E-state index in [1.807, 2.05) is 24.3 Å². The van der Waals surface area contributed by atoms with Gasteiger partial charge in [-0.05, 0) is 43.9 Å². The molecule has 1 aliphatic rings. The fraction of sp³-hybridized carbons (Fsp3) is 0.480. The predicted molar refractivity (Wildman–Crippen MR) is 150 cm³/mol. The number of nitrogens with two attached hydrogens (primary N) is 2. The number of hydrogen-bond acceptors (Lipinski definition) is 7. The van der Waals surface area contributed by atoms with Crippen LogP contribution in [0.1, 0.15) is 31.2 Å². The molecule has 3 rings (SSSR count). The fourth-order valence-corrected chi connectivity index (χ4v) is 4.67. The van der Waals surface area contributed by atoms with Crippen LogP contribution < -0.4 is 32.7 Å². The average Bonchev–Trinajstić information content (AvgIpc) is 3.59. The molecule has 3 amide bonds. The van der Waals surface area contributed by atoms with Crippen molar-refractivity contribution in [1.29, 1.82) is 0 Å². The van der Waals surface area contributed by atoms with Gasteiger partial charge in [0.05, 0.1) is 6.04 Å². The summed E-state index contributed by atoms with van der Waals surface area (Å²) >= 11 is 4.19. The van der Waals surface area contributed by atoms with Crippen molar-refractivity contribution in [3.63, 3.8) is 0 Å². The Morgan fingerprint density at radius 2 is 1.79 bits per heavy atom. The summed E-state index contributed by atoms with van der Waals surface area (Å²) in [4.78, 5) is 57.8. The highest BCUT2D eigenvalue weighted by Gasteiger charge is 2.31. The first-order valence-corrected chi connectivity index (χ1v) is 13.4. The molecule has 1 saturated heterocycles. The maximum absolute atomic E-state index is 13.2. The molecule has 13 nitrogen and oxygen atoms in total. The van der Waals surface area contributed by atoms with Gasteiger partial charge in [-0.1, -0.05) is 18.2 Å². The third kappa shape index (κ3) is 8.61. The van der Waals surface area contributed by atoms with Crippen LogP contribution in [0.25, 0.3) is 10.9 Å². The lowest BCUT2D eigenvalue weighted by Gasteiger charge is -2.24. The Balaban J connectivity index is 1.65. The highest BCUT2D eigenvalue weighted by molar-refractivity contribution is 7.80. The number of aliphatic imine (C=N–C) groups is 1. The Kier molecular flexibility index (Phi) is 11.0. The maximum atomic E-state index is 13.2. The number of aromatic amines is 1. The van der Waals surface area contributed by atoms with Gasteiger partial charge >= 0.3 is 5.97 Å². The van der Waals surface area contributed by atoms with E-state index in [4.69, 9.17) is 11.5 Å². The maximum Gasteiger partial charge on any atom is 0.326 e. The number of benzene rings is 1. The van der Waals surface area contributed by atoms with Crippen molar-refractivity contribution in [2.75, 3.05) is 18.8 Å². The predicted octanol–water partition coefficient (Wildman–Crippen LogP) is -1.02. The topological polar surface area (TPSA) is 217 Å². The van der Waals surface area contributed by atoms with Crippen LogP contribution in [-0.2, 0) is 25.6 Å². The smallest absolute Gasteiger partial charge is 0.326 e. The number of nitrogens with zero attached hydrogens (tertiary/aromatic N) is 1. The molecular formula is C25H36N8O5S. The van der Waals surface area contributed by atoms with Crippen molar-refractivity contribution in [2.45, 2.75) is 56.3 Å². The number of hydrogen-bond donors (Lipinski definition) is 9. The van der Waals surface area contributed by atoms with Crippen LogP contribution in [0.15, 0.2) is 35.5 Å². The number of aliphatic carboxylic acids is 1. The zero-order valence-corrected chi connectivity index (χ0v) is 22.4. The minimum absolute atomic E-state index is 0.0379. The van der Waals surface area contributed by atoms with Gasteiger partial charge < -0.3 is 42.8 Å². The van der Waals surface area contributed by atoms with Crippen LogP contribution in [0, 0.1) is 0 Å². The van der Waals surface area contributed by atoms with E-state index >= 15 is 0 Å². The van der Waals surface area contributed by atoms with Crippen molar-refractivity contribution in [3.8, 4) is 0 Å². The first-order chi connectivity index (χ1) is 18.7. The normalized spacial score (nSPS) is 17.1. The quantitative estimate of drug-likeness (QED) is 0.0602. The van der Waals surface area contributed by atoms with Gasteiger partial charge in [0, 0.05) is 35.8 Å². The summed E-state index contributed by atoms with van der Waals surface area (Å²) in [5.74, 6) is -2.99. The molecule has 212 valence electrons. The SMILES string of the molecule is NC(N)=NCCCC(NC(=O)C1CCCN1)C(=O)NC(CS)C(=O)NC(Cc1c[nH]c2ccccc12)C(=O)O. The van der Waals surface area contributed by atoms with Crippen LogP contribution in [0.4, 0.5) is 0 Å². The van der Waals surface area contributed by atoms with E-state index in [2.05, 4.69) is 43.9 Å². The van der Waals surface area contributed by atoms with Crippen LogP contribution in [0.3, 0.4) is 0 Å². The van der Waals surface area contributed by atoms with Crippen molar-refractivity contribution in [1.82, 2.24) is 26.3 Å². The molecule has 2 heterocycles. The van der Waals surface area contributed by atoms with Crippen LogP contribution in [-0.4, -0.2) is 82.8 Å². The number of nitrogens with one attached hydrogen (secondary N) is 5. The molecule has 14 heteroatoms. The summed E-state index contributed by atoms with van der Waals surface area (Å²) in [6.45, 7) is 0.971. The molecule has 4 atom stereocenters. The van der Waals surface area contributed by atoms with E-state index in [9.17, 15) is 24.3 Å². The van der Waals surface area contributed by atoms with Gasteiger partial charge in [-0.2, -0.15) is 12.6 Å². The van der Waals surface area contributed by atoms with Gasteiger partial charge in [0.15, 0.2) is 5.96 Å². The first kappa shape index (κ1) is 29.8. The standard InChI is InChI=1S/C25H36N8O5S/c26-25(27)29-10-4-8-18(31-21(34)17-7-3-9-28-17)22(35)33-20(13-39)23(36)32-19(24(37)38)11-14-12-30-16-6-2-1-5-15(14)16/h1-2,5-6,12,17-20,28,30,39H,3-4,7-11,13H2,(H,31,34)(H,32,36)(H,33,35)(H,37,38)(H4,26,27,29). The number of aromatic nitrogens is 1. The molecule has 0 spiro atoms. The van der Waals surface area contributed by atoms with E-state index in [0.717, 1.165) is 22.9 Å². The Bertz CT molecular complexity index is 1190. The van der Waals surface area contributed by atoms with Gasteiger partial charge in [-0.15, -0.1) is 0 Å². The molecule has 2 aromatic rings. The molecular weight excluding hydrogens is 524 g/mol. The summed E-state index contributed by atoms with van der Waals surface area (Å²) in [6, 6.07) is 3.71. The summed E-state index contributed by atoms with van der Waals surface area (Å²) in [6.07, 6.45) is 3.88. The highest BCUT2D eigenvalue weighted by Crippen LogP contribution is 2.19. The molecule has 1 aliphatic heterocycles. The molecule has 1 aromatic heterocycles. The zero-order chi connectivity index (χ0) is 28.4. The third-order valence-corrected chi connectivity index (χ3v) is 6.85. The lowest BCUT2D eigenvalue weighted by Crippen LogP contribution is -2.57. The van der Waals surface area contributed by atoms with E-state index in [1.165, 1.54) is 0 Å². The van der Waals surface area contributed by atoms with Crippen molar-refractivity contribution >= 4 is 53.2 Å².